The van der Waals surface area contributed by atoms with Crippen LogP contribution in [-0.2, 0) is 0 Å². The summed E-state index contributed by atoms with van der Waals surface area (Å²) in [5.41, 5.74) is 0.900. The fourth-order valence-corrected chi connectivity index (χ4v) is 3.57. The van der Waals surface area contributed by atoms with Crippen molar-refractivity contribution in [3.8, 4) is 23.0 Å². The highest BCUT2D eigenvalue weighted by atomic mass is 19.1. The van der Waals surface area contributed by atoms with Gasteiger partial charge in [0.2, 0.25) is 11.8 Å². The number of halogens is 2. The van der Waals surface area contributed by atoms with E-state index >= 15 is 0 Å². The number of imidazole rings is 1. The fourth-order valence-electron chi connectivity index (χ4n) is 3.57. The third kappa shape index (κ3) is 4.05. The smallest absolute Gasteiger partial charge is 0.307 e. The minimum Gasteiger partial charge on any atom is -0.494 e. The zero-order valence-corrected chi connectivity index (χ0v) is 18.7. The number of nitrogens with one attached hydrogen (secondary N) is 1. The van der Waals surface area contributed by atoms with Gasteiger partial charge in [-0.2, -0.15) is 9.37 Å². The minimum absolute atomic E-state index is 0.0255. The van der Waals surface area contributed by atoms with Crippen molar-refractivity contribution >= 4 is 28.4 Å². The van der Waals surface area contributed by atoms with Crippen molar-refractivity contribution in [3.05, 3.63) is 58.3 Å². The average Bonchev–Trinajstić information content (AvgIpc) is 3.19. The second-order valence-electron chi connectivity index (χ2n) is 7.54. The summed E-state index contributed by atoms with van der Waals surface area (Å²) >= 11 is 0. The lowest BCUT2D eigenvalue weighted by Gasteiger charge is -2.13. The third-order valence-electron chi connectivity index (χ3n) is 5.08. The Bertz CT molecular complexity index is 1410. The normalized spacial score (nSPS) is 11.1. The molecule has 12 heteroatoms. The number of methoxy groups -OCH3 is 2. The molecule has 0 spiro atoms. The lowest BCUT2D eigenvalue weighted by atomic mass is 10.1. The van der Waals surface area contributed by atoms with Gasteiger partial charge in [-0.05, 0) is 32.0 Å². The molecule has 0 radical (unpaired) electrons. The van der Waals surface area contributed by atoms with Crippen molar-refractivity contribution in [1.82, 2.24) is 19.5 Å². The molecule has 4 aromatic rings. The van der Waals surface area contributed by atoms with Crippen molar-refractivity contribution < 1.29 is 23.2 Å². The largest absolute Gasteiger partial charge is 0.494 e. The van der Waals surface area contributed by atoms with Gasteiger partial charge in [0.15, 0.2) is 5.82 Å². The Kier molecular flexibility index (Phi) is 5.97. The van der Waals surface area contributed by atoms with E-state index in [1.165, 1.54) is 26.5 Å². The van der Waals surface area contributed by atoms with Gasteiger partial charge in [0.05, 0.1) is 36.0 Å². The molecule has 0 saturated heterocycles. The molecule has 1 N–H and O–H groups in total. The van der Waals surface area contributed by atoms with Crippen LogP contribution in [-0.4, -0.2) is 38.7 Å². The van der Waals surface area contributed by atoms with Gasteiger partial charge in [0, 0.05) is 29.9 Å². The summed E-state index contributed by atoms with van der Waals surface area (Å²) in [7, 11) is 2.77. The molecule has 10 nitrogen and oxygen atoms in total. The van der Waals surface area contributed by atoms with Crippen molar-refractivity contribution in [2.75, 3.05) is 19.5 Å². The predicted octanol–water partition coefficient (Wildman–Crippen LogP) is 5.02. The number of nitrogens with zero attached hydrogens (tertiary/aromatic N) is 5. The number of benzene rings is 2. The Balaban J connectivity index is 1.77. The van der Waals surface area contributed by atoms with E-state index in [1.807, 2.05) is 13.8 Å². The van der Waals surface area contributed by atoms with Crippen LogP contribution in [0.15, 0.2) is 36.5 Å². The van der Waals surface area contributed by atoms with E-state index in [-0.39, 0.29) is 35.0 Å². The molecule has 0 atom stereocenters. The highest BCUT2D eigenvalue weighted by Crippen LogP contribution is 2.34. The average molecular weight is 470 g/mol. The van der Waals surface area contributed by atoms with Crippen LogP contribution >= 0.6 is 0 Å². The van der Waals surface area contributed by atoms with Gasteiger partial charge in [-0.25, -0.2) is 14.4 Å². The first-order chi connectivity index (χ1) is 16.2. The summed E-state index contributed by atoms with van der Waals surface area (Å²) in [6, 6.07) is 6.76. The topological polar surface area (TPSA) is 117 Å². The molecular formula is C22H20F2N6O4. The number of aromatic nitrogens is 4. The lowest BCUT2D eigenvalue weighted by molar-refractivity contribution is -0.387. The van der Waals surface area contributed by atoms with E-state index < -0.39 is 22.2 Å². The molecule has 176 valence electrons. The molecule has 0 aliphatic carbocycles. The molecule has 0 unspecified atom stereocenters. The molecule has 2 heterocycles. The zero-order valence-electron chi connectivity index (χ0n) is 18.7. The summed E-state index contributed by atoms with van der Waals surface area (Å²) in [5, 5.41) is 13.9. The minimum atomic E-state index is -1.04. The maximum absolute atomic E-state index is 14.9. The number of rotatable bonds is 7. The number of nitro benzene ring substituents is 1. The number of fused-ring (bicyclic) bond motifs is 1. The van der Waals surface area contributed by atoms with E-state index in [1.54, 1.807) is 16.7 Å². The lowest BCUT2D eigenvalue weighted by Crippen LogP contribution is -2.04. The predicted molar refractivity (Wildman–Crippen MR) is 121 cm³/mol. The van der Waals surface area contributed by atoms with Crippen LogP contribution in [0.2, 0.25) is 0 Å². The van der Waals surface area contributed by atoms with Crippen LogP contribution < -0.4 is 14.8 Å². The molecule has 0 aliphatic heterocycles. The van der Waals surface area contributed by atoms with E-state index in [2.05, 4.69) is 20.3 Å². The van der Waals surface area contributed by atoms with Gasteiger partial charge in [0.25, 0.3) is 6.01 Å². The zero-order chi connectivity index (χ0) is 24.6. The Labute approximate surface area is 192 Å². The van der Waals surface area contributed by atoms with Gasteiger partial charge in [-0.15, -0.1) is 0 Å². The maximum Gasteiger partial charge on any atom is 0.307 e. The molecule has 4 rings (SSSR count). The fraction of sp³-hybridized carbons (Fsp3) is 0.227. The molecule has 0 fully saturated rings. The third-order valence-corrected chi connectivity index (χ3v) is 5.08. The Hall–Kier alpha value is -4.35. The van der Waals surface area contributed by atoms with Gasteiger partial charge < -0.3 is 14.8 Å². The quantitative estimate of drug-likeness (QED) is 0.296. The summed E-state index contributed by atoms with van der Waals surface area (Å²) in [6.45, 7) is 3.85. The number of anilines is 2. The number of nitro groups is 1. The Morgan fingerprint density at radius 1 is 1.09 bits per heavy atom. The van der Waals surface area contributed by atoms with Crippen LogP contribution in [0.3, 0.4) is 0 Å². The number of hydrogen-bond acceptors (Lipinski definition) is 8. The first-order valence-electron chi connectivity index (χ1n) is 10.1. The highest BCUT2D eigenvalue weighted by molar-refractivity contribution is 5.83. The van der Waals surface area contributed by atoms with Crippen molar-refractivity contribution in [1.29, 1.82) is 0 Å². The molecule has 0 aliphatic rings. The van der Waals surface area contributed by atoms with Crippen molar-refractivity contribution in [2.45, 2.75) is 19.9 Å². The molecule has 2 aromatic carbocycles. The molecule has 2 aromatic heterocycles. The highest BCUT2D eigenvalue weighted by Gasteiger charge is 2.21. The van der Waals surface area contributed by atoms with E-state index in [9.17, 15) is 18.9 Å². The van der Waals surface area contributed by atoms with E-state index in [0.717, 1.165) is 12.1 Å². The van der Waals surface area contributed by atoms with Gasteiger partial charge in [0.1, 0.15) is 11.3 Å². The molecular weight excluding hydrogens is 450 g/mol. The summed E-state index contributed by atoms with van der Waals surface area (Å²) in [4.78, 5) is 23.0. The second kappa shape index (κ2) is 8.89. The van der Waals surface area contributed by atoms with E-state index in [0.29, 0.717) is 16.8 Å². The molecule has 0 saturated carbocycles. The monoisotopic (exact) mass is 470 g/mol. The van der Waals surface area contributed by atoms with Gasteiger partial charge in [-0.1, -0.05) is 0 Å². The first-order valence-corrected chi connectivity index (χ1v) is 10.1. The van der Waals surface area contributed by atoms with E-state index in [4.69, 9.17) is 9.47 Å². The molecule has 0 bridgehead atoms. The Morgan fingerprint density at radius 3 is 2.50 bits per heavy atom. The molecule has 34 heavy (non-hydrogen) atoms. The van der Waals surface area contributed by atoms with Gasteiger partial charge in [-0.3, -0.25) is 14.7 Å². The first kappa shape index (κ1) is 22.8. The summed E-state index contributed by atoms with van der Waals surface area (Å²) in [5.74, 6) is -1.51. The van der Waals surface area contributed by atoms with Crippen molar-refractivity contribution in [2.24, 2.45) is 0 Å². The summed E-state index contributed by atoms with van der Waals surface area (Å²) in [6.07, 6.45) is 1.44. The summed E-state index contributed by atoms with van der Waals surface area (Å²) < 4.78 is 41.0. The second-order valence-corrected chi connectivity index (χ2v) is 7.54. The van der Waals surface area contributed by atoms with Gasteiger partial charge >= 0.3 is 5.69 Å². The standard InChI is InChI=1S/C22H20F2N6O4/c1-11(2)29-18-8-12(7-14(24)20(18)28-22(29)34-4)15-5-6-25-21(26-15)27-16-10-17(30(31)32)13(23)9-19(16)33-3/h5-11H,1-4H3,(H,25,26,27). The van der Waals surface area contributed by atoms with Crippen LogP contribution in [0, 0.1) is 21.7 Å². The van der Waals surface area contributed by atoms with Crippen LogP contribution in [0.1, 0.15) is 19.9 Å². The van der Waals surface area contributed by atoms with Crippen LogP contribution in [0.25, 0.3) is 22.3 Å². The number of ether oxygens (including phenoxy) is 2. The SMILES string of the molecule is COc1cc(F)c([N+](=O)[O-])cc1Nc1nccc(-c2cc(F)c3nc(OC)n(C(C)C)c3c2)n1. The van der Waals surface area contributed by atoms with Crippen molar-refractivity contribution in [3.63, 3.8) is 0 Å². The Morgan fingerprint density at radius 2 is 1.85 bits per heavy atom. The van der Waals surface area contributed by atoms with Crippen LogP contribution in [0.4, 0.5) is 26.1 Å². The number of hydrogen-bond donors (Lipinski definition) is 1. The molecule has 0 amide bonds. The maximum atomic E-state index is 14.9. The van der Waals surface area contributed by atoms with Crippen LogP contribution in [0.5, 0.6) is 11.8 Å².